The molecule has 3 rings (SSSR count). The van der Waals surface area contributed by atoms with Crippen LogP contribution >= 0.6 is 0 Å². The van der Waals surface area contributed by atoms with Crippen LogP contribution in [0.4, 0.5) is 0 Å². The van der Waals surface area contributed by atoms with E-state index >= 15 is 0 Å². The minimum absolute atomic E-state index is 0.212. The van der Waals surface area contributed by atoms with Gasteiger partial charge in [0.1, 0.15) is 0 Å². The van der Waals surface area contributed by atoms with Gasteiger partial charge in [0.2, 0.25) is 0 Å². The molecule has 5 heteroatoms. The molecule has 1 aromatic heterocycles. The van der Waals surface area contributed by atoms with Gasteiger partial charge in [0, 0.05) is 24.2 Å². The maximum atomic E-state index is 12.9. The third-order valence-corrected chi connectivity index (χ3v) is 5.05. The minimum atomic E-state index is -0.486. The van der Waals surface area contributed by atoms with Crippen molar-refractivity contribution in [3.05, 3.63) is 77.0 Å². The van der Waals surface area contributed by atoms with Gasteiger partial charge in [-0.05, 0) is 37.5 Å². The lowest BCUT2D eigenvalue weighted by molar-refractivity contribution is -0.134. The van der Waals surface area contributed by atoms with Gasteiger partial charge >= 0.3 is 5.97 Å². The molecule has 29 heavy (non-hydrogen) atoms. The molecular formula is C24H26N2O3. The Morgan fingerprint density at radius 1 is 1.00 bits per heavy atom. The van der Waals surface area contributed by atoms with Crippen molar-refractivity contribution in [2.45, 2.75) is 33.7 Å². The Morgan fingerprint density at radius 2 is 1.69 bits per heavy atom. The molecule has 150 valence electrons. The van der Waals surface area contributed by atoms with Crippen LogP contribution in [-0.2, 0) is 22.5 Å². The van der Waals surface area contributed by atoms with E-state index in [-0.39, 0.29) is 12.5 Å². The number of carbonyl (C=O) groups is 2. The fraction of sp³-hybridized carbons (Fsp3) is 0.292. The molecule has 0 saturated heterocycles. The average molecular weight is 390 g/mol. The van der Waals surface area contributed by atoms with Crippen LogP contribution in [0.5, 0.6) is 0 Å². The summed E-state index contributed by atoms with van der Waals surface area (Å²) in [5.74, 6) is -0.698. The van der Waals surface area contributed by atoms with E-state index in [9.17, 15) is 9.59 Å². The molecule has 2 aromatic carbocycles. The predicted molar refractivity (Wildman–Crippen MR) is 114 cm³/mol. The molecule has 3 aromatic rings. The Balaban J connectivity index is 1.76. The van der Waals surface area contributed by atoms with Crippen LogP contribution in [0, 0.1) is 6.92 Å². The molecular weight excluding hydrogens is 364 g/mol. The molecule has 0 bridgehead atoms. The first-order valence-corrected chi connectivity index (χ1v) is 9.92. The number of aryl methyl sites for hydroxylation is 1. The second kappa shape index (κ2) is 9.32. The van der Waals surface area contributed by atoms with Crippen molar-refractivity contribution in [1.29, 1.82) is 0 Å². The van der Waals surface area contributed by atoms with Gasteiger partial charge in [0.15, 0.2) is 6.61 Å². The number of rotatable bonds is 7. The Hall–Kier alpha value is -3.21. The molecule has 1 amide bonds. The number of ether oxygens (including phenoxy) is 1. The van der Waals surface area contributed by atoms with Crippen molar-refractivity contribution in [1.82, 2.24) is 9.88 Å². The molecule has 0 radical (unpaired) electrons. The highest BCUT2D eigenvalue weighted by atomic mass is 16.5. The number of hydrogen-bond acceptors (Lipinski definition) is 4. The van der Waals surface area contributed by atoms with Gasteiger partial charge in [-0.1, -0.05) is 55.5 Å². The summed E-state index contributed by atoms with van der Waals surface area (Å²) in [5, 5.41) is 0.747. The largest absolute Gasteiger partial charge is 0.452 e. The summed E-state index contributed by atoms with van der Waals surface area (Å²) in [4.78, 5) is 31.8. The molecule has 0 saturated carbocycles. The molecule has 0 N–H and O–H groups in total. The fourth-order valence-corrected chi connectivity index (χ4v) is 3.44. The third kappa shape index (κ3) is 4.62. The normalized spacial score (nSPS) is 10.7. The highest BCUT2D eigenvalue weighted by Crippen LogP contribution is 2.24. The minimum Gasteiger partial charge on any atom is -0.452 e. The van der Waals surface area contributed by atoms with Gasteiger partial charge in [-0.15, -0.1) is 0 Å². The van der Waals surface area contributed by atoms with Gasteiger partial charge in [0.05, 0.1) is 11.1 Å². The Kier molecular flexibility index (Phi) is 6.60. The standard InChI is InChI=1S/C24H26N2O3/c1-4-20-17(3)23(19-13-9-10-14-21(19)25-20)24(28)29-16-22(27)26(5-2)15-18-11-7-6-8-12-18/h6-14H,4-5,15-16H2,1-3H3. The number of fused-ring (bicyclic) bond motifs is 1. The van der Waals surface area contributed by atoms with Crippen molar-refractivity contribution in [2.75, 3.05) is 13.2 Å². The highest BCUT2D eigenvalue weighted by Gasteiger charge is 2.21. The van der Waals surface area contributed by atoms with Gasteiger partial charge < -0.3 is 9.64 Å². The lowest BCUT2D eigenvalue weighted by Crippen LogP contribution is -2.34. The monoisotopic (exact) mass is 390 g/mol. The molecule has 1 heterocycles. The lowest BCUT2D eigenvalue weighted by atomic mass is 10.0. The van der Waals surface area contributed by atoms with Crippen molar-refractivity contribution >= 4 is 22.8 Å². The van der Waals surface area contributed by atoms with Gasteiger partial charge in [-0.25, -0.2) is 4.79 Å². The fourth-order valence-electron chi connectivity index (χ4n) is 3.44. The zero-order valence-corrected chi connectivity index (χ0v) is 17.1. The molecule has 0 aliphatic carbocycles. The summed E-state index contributed by atoms with van der Waals surface area (Å²) in [7, 11) is 0. The van der Waals surface area contributed by atoms with E-state index in [0.29, 0.717) is 18.7 Å². The zero-order chi connectivity index (χ0) is 20.8. The quantitative estimate of drug-likeness (QED) is 0.564. The van der Waals surface area contributed by atoms with Crippen LogP contribution in [0.25, 0.3) is 10.9 Å². The van der Waals surface area contributed by atoms with E-state index in [1.165, 1.54) is 0 Å². The SMILES string of the molecule is CCc1nc2ccccc2c(C(=O)OCC(=O)N(CC)Cc2ccccc2)c1C. The number of para-hydroxylation sites is 1. The topological polar surface area (TPSA) is 59.5 Å². The predicted octanol–water partition coefficient (Wildman–Crippen LogP) is 4.31. The summed E-state index contributed by atoms with van der Waals surface area (Å²) in [6.45, 7) is 6.55. The number of pyridine rings is 1. The van der Waals surface area contributed by atoms with Crippen LogP contribution < -0.4 is 0 Å². The summed E-state index contributed by atoms with van der Waals surface area (Å²) < 4.78 is 5.44. The molecule has 0 atom stereocenters. The van der Waals surface area contributed by atoms with Gasteiger partial charge in [-0.3, -0.25) is 9.78 Å². The average Bonchev–Trinajstić information content (AvgIpc) is 2.75. The second-order valence-corrected chi connectivity index (χ2v) is 6.90. The molecule has 0 aliphatic rings. The number of esters is 1. The molecule has 0 unspecified atom stereocenters. The maximum absolute atomic E-state index is 12.9. The maximum Gasteiger partial charge on any atom is 0.339 e. The Labute approximate surface area is 171 Å². The lowest BCUT2D eigenvalue weighted by Gasteiger charge is -2.21. The van der Waals surface area contributed by atoms with Crippen molar-refractivity contribution in [3.8, 4) is 0 Å². The number of hydrogen-bond donors (Lipinski definition) is 0. The van der Waals surface area contributed by atoms with E-state index in [2.05, 4.69) is 4.98 Å². The summed E-state index contributed by atoms with van der Waals surface area (Å²) in [5.41, 5.74) is 3.96. The van der Waals surface area contributed by atoms with E-state index < -0.39 is 5.97 Å². The number of amides is 1. The summed E-state index contributed by atoms with van der Waals surface area (Å²) in [6, 6.07) is 17.3. The van der Waals surface area contributed by atoms with Crippen LogP contribution in [-0.4, -0.2) is 34.9 Å². The summed E-state index contributed by atoms with van der Waals surface area (Å²) >= 11 is 0. The molecule has 0 spiro atoms. The van der Waals surface area contributed by atoms with E-state index in [1.54, 1.807) is 4.90 Å². The van der Waals surface area contributed by atoms with Crippen LogP contribution in [0.3, 0.4) is 0 Å². The van der Waals surface area contributed by atoms with Crippen LogP contribution in [0.1, 0.15) is 41.0 Å². The first-order valence-electron chi connectivity index (χ1n) is 9.92. The van der Waals surface area contributed by atoms with Gasteiger partial charge in [0.25, 0.3) is 5.91 Å². The van der Waals surface area contributed by atoms with Crippen molar-refractivity contribution in [3.63, 3.8) is 0 Å². The Bertz CT molecular complexity index is 1020. The van der Waals surface area contributed by atoms with Crippen molar-refractivity contribution in [2.24, 2.45) is 0 Å². The number of benzene rings is 2. The van der Waals surface area contributed by atoms with Crippen molar-refractivity contribution < 1.29 is 14.3 Å². The third-order valence-electron chi connectivity index (χ3n) is 5.05. The number of likely N-dealkylation sites (N-methyl/N-ethyl adjacent to an activating group) is 1. The second-order valence-electron chi connectivity index (χ2n) is 6.90. The first-order chi connectivity index (χ1) is 14.0. The number of carbonyl (C=O) groups excluding carboxylic acids is 2. The molecule has 0 fully saturated rings. The molecule has 5 nitrogen and oxygen atoms in total. The first kappa shape index (κ1) is 20.5. The molecule has 0 aliphatic heterocycles. The summed E-state index contributed by atoms with van der Waals surface area (Å²) in [6.07, 6.45) is 0.719. The van der Waals surface area contributed by atoms with Gasteiger partial charge in [-0.2, -0.15) is 0 Å². The van der Waals surface area contributed by atoms with E-state index in [0.717, 1.165) is 34.1 Å². The zero-order valence-electron chi connectivity index (χ0n) is 17.1. The smallest absolute Gasteiger partial charge is 0.339 e. The number of nitrogens with zero attached hydrogens (tertiary/aromatic N) is 2. The van der Waals surface area contributed by atoms with Crippen LogP contribution in [0.15, 0.2) is 54.6 Å². The van der Waals surface area contributed by atoms with Crippen LogP contribution in [0.2, 0.25) is 0 Å². The van der Waals surface area contributed by atoms with E-state index in [1.807, 2.05) is 75.4 Å². The Morgan fingerprint density at radius 3 is 2.38 bits per heavy atom. The van der Waals surface area contributed by atoms with E-state index in [4.69, 9.17) is 4.74 Å². The highest BCUT2D eigenvalue weighted by molar-refractivity contribution is 6.05. The number of aromatic nitrogens is 1.